The van der Waals surface area contributed by atoms with Gasteiger partial charge in [0.2, 0.25) is 10.0 Å². The van der Waals surface area contributed by atoms with Gasteiger partial charge in [-0.1, -0.05) is 17.7 Å². The summed E-state index contributed by atoms with van der Waals surface area (Å²) in [6.07, 6.45) is 2.42. The molecule has 0 saturated carbocycles. The van der Waals surface area contributed by atoms with Crippen LogP contribution >= 0.6 is 0 Å². The van der Waals surface area contributed by atoms with Crippen LogP contribution in [0.5, 0.6) is 0 Å². The van der Waals surface area contributed by atoms with Crippen LogP contribution in [0.4, 0.5) is 0 Å². The van der Waals surface area contributed by atoms with Crippen molar-refractivity contribution < 1.29 is 16.8 Å². The third-order valence-electron chi connectivity index (χ3n) is 4.06. The van der Waals surface area contributed by atoms with Gasteiger partial charge in [0.25, 0.3) is 0 Å². The first-order valence-corrected chi connectivity index (χ1v) is 10.8. The lowest BCUT2D eigenvalue weighted by Gasteiger charge is -2.31. The van der Waals surface area contributed by atoms with Crippen LogP contribution in [0.15, 0.2) is 23.1 Å². The molecular formula is C15H23NO4S2. The molecule has 0 amide bonds. The highest BCUT2D eigenvalue weighted by Crippen LogP contribution is 2.26. The summed E-state index contributed by atoms with van der Waals surface area (Å²) >= 11 is 0. The Morgan fingerprint density at radius 1 is 1.09 bits per heavy atom. The van der Waals surface area contributed by atoms with E-state index < -0.39 is 19.9 Å². The van der Waals surface area contributed by atoms with Crippen LogP contribution in [0.2, 0.25) is 0 Å². The minimum absolute atomic E-state index is 0.0561. The van der Waals surface area contributed by atoms with Crippen LogP contribution in [0.3, 0.4) is 0 Å². The fraction of sp³-hybridized carbons (Fsp3) is 0.600. The van der Waals surface area contributed by atoms with Gasteiger partial charge in [-0.2, -0.15) is 4.31 Å². The van der Waals surface area contributed by atoms with E-state index in [-0.39, 0.29) is 11.7 Å². The Morgan fingerprint density at radius 3 is 2.18 bits per heavy atom. The smallest absolute Gasteiger partial charge is 0.229 e. The summed E-state index contributed by atoms with van der Waals surface area (Å²) < 4.78 is 49.6. The molecule has 1 aromatic carbocycles. The lowest BCUT2D eigenvalue weighted by molar-refractivity contribution is 0.289. The first-order chi connectivity index (χ1) is 10.1. The van der Waals surface area contributed by atoms with Crippen molar-refractivity contribution in [2.24, 2.45) is 5.92 Å². The van der Waals surface area contributed by atoms with E-state index in [1.807, 2.05) is 13.0 Å². The van der Waals surface area contributed by atoms with E-state index in [1.165, 1.54) is 10.6 Å². The number of hydrogen-bond donors (Lipinski definition) is 0. The summed E-state index contributed by atoms with van der Waals surface area (Å²) in [5, 5.41) is 0. The second-order valence-corrected chi connectivity index (χ2v) is 10.3. The van der Waals surface area contributed by atoms with Gasteiger partial charge < -0.3 is 0 Å². The molecule has 1 aromatic rings. The summed E-state index contributed by atoms with van der Waals surface area (Å²) in [4.78, 5) is 0.347. The predicted octanol–water partition coefficient (Wildman–Crippen LogP) is 1.75. The van der Waals surface area contributed by atoms with Crippen molar-refractivity contribution in [2.45, 2.75) is 31.6 Å². The normalized spacial score (nSPS) is 18.5. The van der Waals surface area contributed by atoms with Crippen molar-refractivity contribution in [3.05, 3.63) is 29.3 Å². The first-order valence-electron chi connectivity index (χ1n) is 7.35. The van der Waals surface area contributed by atoms with Crippen molar-refractivity contribution in [3.63, 3.8) is 0 Å². The molecule has 124 valence electrons. The molecule has 22 heavy (non-hydrogen) atoms. The topological polar surface area (TPSA) is 71.5 Å². The number of piperidine rings is 1. The predicted molar refractivity (Wildman–Crippen MR) is 87.1 cm³/mol. The molecule has 1 heterocycles. The van der Waals surface area contributed by atoms with Crippen LogP contribution in [0.1, 0.15) is 24.0 Å². The molecule has 0 bridgehead atoms. The van der Waals surface area contributed by atoms with Crippen molar-refractivity contribution in [3.8, 4) is 0 Å². The monoisotopic (exact) mass is 345 g/mol. The van der Waals surface area contributed by atoms with Crippen molar-refractivity contribution >= 4 is 19.9 Å². The molecule has 0 aliphatic carbocycles. The largest absolute Gasteiger partial charge is 0.243 e. The van der Waals surface area contributed by atoms with Gasteiger partial charge in [-0.05, 0) is 44.2 Å². The maximum Gasteiger partial charge on any atom is 0.243 e. The van der Waals surface area contributed by atoms with Gasteiger partial charge in [0, 0.05) is 19.3 Å². The standard InChI is InChI=1S/C15H23NO4S2/c1-12-4-5-15(13(2)10-12)22(19,20)16-8-6-14(7-9-16)11-21(3,17)18/h4-5,10,14H,6-9,11H2,1-3H3. The van der Waals surface area contributed by atoms with E-state index in [0.717, 1.165) is 11.1 Å². The number of benzene rings is 1. The molecule has 0 aromatic heterocycles. The molecule has 0 spiro atoms. The quantitative estimate of drug-likeness (QED) is 0.833. The van der Waals surface area contributed by atoms with Crippen LogP contribution in [-0.2, 0) is 19.9 Å². The number of hydrogen-bond acceptors (Lipinski definition) is 4. The molecule has 5 nitrogen and oxygen atoms in total. The Balaban J connectivity index is 2.13. The Bertz CT molecular complexity index is 746. The van der Waals surface area contributed by atoms with E-state index in [1.54, 1.807) is 19.1 Å². The number of aryl methyl sites for hydroxylation is 2. The average Bonchev–Trinajstić information content (AvgIpc) is 2.36. The summed E-state index contributed by atoms with van der Waals surface area (Å²) in [6, 6.07) is 5.32. The third-order valence-corrected chi connectivity index (χ3v) is 7.20. The lowest BCUT2D eigenvalue weighted by Crippen LogP contribution is -2.40. The summed E-state index contributed by atoms with van der Waals surface area (Å²) in [7, 11) is -6.50. The van der Waals surface area contributed by atoms with Gasteiger partial charge in [0.15, 0.2) is 0 Å². The van der Waals surface area contributed by atoms with Crippen molar-refractivity contribution in [1.29, 1.82) is 0 Å². The highest BCUT2D eigenvalue weighted by molar-refractivity contribution is 7.90. The average molecular weight is 345 g/mol. The maximum absolute atomic E-state index is 12.7. The molecule has 0 radical (unpaired) electrons. The van der Waals surface area contributed by atoms with E-state index in [9.17, 15) is 16.8 Å². The Labute approximate surface area is 133 Å². The first kappa shape index (κ1) is 17.4. The Kier molecular flexibility index (Phi) is 4.99. The lowest BCUT2D eigenvalue weighted by atomic mass is 10.0. The Morgan fingerprint density at radius 2 is 1.68 bits per heavy atom. The Hall–Kier alpha value is -0.920. The summed E-state index contributed by atoms with van der Waals surface area (Å²) in [5.41, 5.74) is 1.78. The molecule has 1 aliphatic heterocycles. The second kappa shape index (κ2) is 6.29. The summed E-state index contributed by atoms with van der Waals surface area (Å²) in [5.74, 6) is 0.199. The molecule has 0 unspecified atom stereocenters. The van der Waals surface area contributed by atoms with Gasteiger partial charge in [0.1, 0.15) is 9.84 Å². The van der Waals surface area contributed by atoms with Crippen LogP contribution in [-0.4, -0.2) is 46.2 Å². The molecule has 1 aliphatic rings. The minimum atomic E-state index is -3.49. The number of sulfone groups is 1. The SMILES string of the molecule is Cc1ccc(S(=O)(=O)N2CCC(CS(C)(=O)=O)CC2)c(C)c1. The highest BCUT2D eigenvalue weighted by Gasteiger charge is 2.31. The summed E-state index contributed by atoms with van der Waals surface area (Å²) in [6.45, 7) is 4.50. The number of nitrogens with zero attached hydrogens (tertiary/aromatic N) is 1. The van der Waals surface area contributed by atoms with Crippen molar-refractivity contribution in [1.82, 2.24) is 4.31 Å². The zero-order valence-corrected chi connectivity index (χ0v) is 14.9. The minimum Gasteiger partial charge on any atom is -0.229 e. The number of rotatable bonds is 4. The third kappa shape index (κ3) is 4.08. The highest BCUT2D eigenvalue weighted by atomic mass is 32.2. The van der Waals surface area contributed by atoms with Gasteiger partial charge in [-0.15, -0.1) is 0 Å². The fourth-order valence-electron chi connectivity index (χ4n) is 2.97. The second-order valence-electron chi connectivity index (χ2n) is 6.21. The van der Waals surface area contributed by atoms with Crippen LogP contribution < -0.4 is 0 Å². The number of sulfonamides is 1. The fourth-order valence-corrected chi connectivity index (χ4v) is 5.84. The molecule has 0 N–H and O–H groups in total. The van der Waals surface area contributed by atoms with Gasteiger partial charge >= 0.3 is 0 Å². The molecule has 7 heteroatoms. The van der Waals surface area contributed by atoms with E-state index >= 15 is 0 Å². The van der Waals surface area contributed by atoms with E-state index in [4.69, 9.17) is 0 Å². The zero-order chi connectivity index (χ0) is 16.5. The van der Waals surface area contributed by atoms with E-state index in [2.05, 4.69) is 0 Å². The van der Waals surface area contributed by atoms with Crippen LogP contribution in [0.25, 0.3) is 0 Å². The van der Waals surface area contributed by atoms with E-state index in [0.29, 0.717) is 30.8 Å². The van der Waals surface area contributed by atoms with Gasteiger partial charge in [-0.3, -0.25) is 0 Å². The maximum atomic E-state index is 12.7. The molecule has 2 rings (SSSR count). The van der Waals surface area contributed by atoms with Crippen LogP contribution in [0, 0.1) is 19.8 Å². The van der Waals surface area contributed by atoms with Gasteiger partial charge in [0.05, 0.1) is 10.6 Å². The zero-order valence-electron chi connectivity index (χ0n) is 13.2. The molecular weight excluding hydrogens is 322 g/mol. The van der Waals surface area contributed by atoms with Crippen molar-refractivity contribution in [2.75, 3.05) is 25.1 Å². The molecule has 1 saturated heterocycles. The van der Waals surface area contributed by atoms with Gasteiger partial charge in [-0.25, -0.2) is 16.8 Å². The molecule has 0 atom stereocenters. The molecule has 1 fully saturated rings.